The summed E-state index contributed by atoms with van der Waals surface area (Å²) in [5, 5.41) is 3.86. The molecule has 1 amide bonds. The fraction of sp³-hybridized carbons (Fsp3) is 0.588. The first-order chi connectivity index (χ1) is 9.79. The highest BCUT2D eigenvalue weighted by atomic mass is 79.9. The summed E-state index contributed by atoms with van der Waals surface area (Å²) in [6, 6.07) is 5.58. The molecule has 1 aliphatic carbocycles. The minimum atomic E-state index is -0.00600. The molecule has 1 aromatic rings. The van der Waals surface area contributed by atoms with Gasteiger partial charge in [-0.3, -0.25) is 4.79 Å². The number of carbonyl (C=O) groups excluding carboxylic acids is 1. The first-order valence-corrected chi connectivity index (χ1v) is 8.72. The third kappa shape index (κ3) is 4.23. The Kier molecular flexibility index (Phi) is 5.37. The van der Waals surface area contributed by atoms with Crippen LogP contribution in [0.3, 0.4) is 0 Å². The van der Waals surface area contributed by atoms with Crippen LogP contribution in [0.15, 0.2) is 22.7 Å². The summed E-state index contributed by atoms with van der Waals surface area (Å²) in [6.45, 7) is 6.79. The van der Waals surface area contributed by atoms with Gasteiger partial charge in [-0.15, -0.1) is 0 Å². The molecule has 0 bridgehead atoms. The fourth-order valence-corrected chi connectivity index (χ4v) is 3.73. The van der Waals surface area contributed by atoms with Crippen LogP contribution in [-0.2, 0) is 0 Å². The van der Waals surface area contributed by atoms with E-state index in [9.17, 15) is 4.79 Å². The van der Waals surface area contributed by atoms with E-state index in [1.807, 2.05) is 0 Å². The van der Waals surface area contributed by atoms with Crippen LogP contribution >= 0.6 is 27.5 Å². The summed E-state index contributed by atoms with van der Waals surface area (Å²) >= 11 is 9.35. The zero-order valence-electron chi connectivity index (χ0n) is 12.9. The van der Waals surface area contributed by atoms with E-state index in [0.717, 1.165) is 10.9 Å². The number of amides is 1. The van der Waals surface area contributed by atoms with Gasteiger partial charge in [0.15, 0.2) is 0 Å². The fourth-order valence-electron chi connectivity index (χ4n) is 3.23. The quantitative estimate of drug-likeness (QED) is 0.736. The Morgan fingerprint density at radius 2 is 1.95 bits per heavy atom. The van der Waals surface area contributed by atoms with Crippen molar-refractivity contribution in [1.29, 1.82) is 0 Å². The average Bonchev–Trinajstić information content (AvgIpc) is 2.41. The third-order valence-corrected chi connectivity index (χ3v) is 5.59. The maximum absolute atomic E-state index is 12.5. The second-order valence-electron chi connectivity index (χ2n) is 6.97. The maximum atomic E-state index is 12.5. The molecule has 1 aliphatic rings. The van der Waals surface area contributed by atoms with Gasteiger partial charge in [0.05, 0.1) is 5.02 Å². The van der Waals surface area contributed by atoms with Gasteiger partial charge in [-0.25, -0.2) is 0 Å². The van der Waals surface area contributed by atoms with E-state index < -0.39 is 0 Å². The molecule has 1 N–H and O–H groups in total. The molecule has 4 heteroatoms. The predicted molar refractivity (Wildman–Crippen MR) is 91.8 cm³/mol. The SMILES string of the molecule is CC(C)(C)C1CCCCC1NC(=O)c1ccc(Cl)c(Br)c1. The van der Waals surface area contributed by atoms with E-state index in [0.29, 0.717) is 16.5 Å². The van der Waals surface area contributed by atoms with Crippen molar-refractivity contribution in [2.24, 2.45) is 11.3 Å². The van der Waals surface area contributed by atoms with Gasteiger partial charge < -0.3 is 5.32 Å². The summed E-state index contributed by atoms with van der Waals surface area (Å²) < 4.78 is 0.757. The van der Waals surface area contributed by atoms with Crippen LogP contribution in [0.2, 0.25) is 5.02 Å². The Morgan fingerprint density at radius 3 is 2.57 bits per heavy atom. The van der Waals surface area contributed by atoms with Crippen LogP contribution < -0.4 is 5.32 Å². The molecule has 0 aromatic heterocycles. The molecule has 1 fully saturated rings. The van der Waals surface area contributed by atoms with Gasteiger partial charge in [-0.1, -0.05) is 45.2 Å². The molecule has 21 heavy (non-hydrogen) atoms. The Morgan fingerprint density at radius 1 is 1.29 bits per heavy atom. The van der Waals surface area contributed by atoms with Crippen LogP contribution in [-0.4, -0.2) is 11.9 Å². The van der Waals surface area contributed by atoms with Gasteiger partial charge in [0.2, 0.25) is 0 Å². The second-order valence-corrected chi connectivity index (χ2v) is 8.23. The predicted octanol–water partition coefficient (Wildman–Crippen LogP) is 5.44. The normalized spacial score (nSPS) is 22.9. The number of benzene rings is 1. The number of nitrogens with one attached hydrogen (secondary N) is 1. The van der Waals surface area contributed by atoms with Crippen LogP contribution in [0.25, 0.3) is 0 Å². The van der Waals surface area contributed by atoms with Crippen molar-refractivity contribution in [3.63, 3.8) is 0 Å². The highest BCUT2D eigenvalue weighted by Crippen LogP contribution is 2.38. The number of halogens is 2. The number of hydrogen-bond donors (Lipinski definition) is 1. The Balaban J connectivity index is 2.11. The molecule has 0 radical (unpaired) electrons. The van der Waals surface area contributed by atoms with E-state index in [2.05, 4.69) is 42.0 Å². The van der Waals surface area contributed by atoms with Gasteiger partial charge in [0.1, 0.15) is 0 Å². The van der Waals surface area contributed by atoms with Gasteiger partial charge in [0.25, 0.3) is 5.91 Å². The highest BCUT2D eigenvalue weighted by Gasteiger charge is 2.34. The molecule has 2 unspecified atom stereocenters. The molecule has 0 spiro atoms. The standard InChI is InChI=1S/C17H23BrClNO/c1-17(2,3)12-6-4-5-7-15(12)20-16(21)11-8-9-14(19)13(18)10-11/h8-10,12,15H,4-7H2,1-3H3,(H,20,21). The highest BCUT2D eigenvalue weighted by molar-refractivity contribution is 9.10. The summed E-state index contributed by atoms with van der Waals surface area (Å²) in [6.07, 6.45) is 4.73. The largest absolute Gasteiger partial charge is 0.349 e. The minimum absolute atomic E-state index is 0.00600. The smallest absolute Gasteiger partial charge is 0.251 e. The zero-order chi connectivity index (χ0) is 15.6. The van der Waals surface area contributed by atoms with Crippen molar-refractivity contribution in [2.45, 2.75) is 52.5 Å². The minimum Gasteiger partial charge on any atom is -0.349 e. The first kappa shape index (κ1) is 16.8. The molecule has 2 nitrogen and oxygen atoms in total. The number of hydrogen-bond acceptors (Lipinski definition) is 1. The molecule has 1 aromatic carbocycles. The van der Waals surface area contributed by atoms with Crippen LogP contribution in [0, 0.1) is 11.3 Å². The molecule has 2 rings (SSSR count). The van der Waals surface area contributed by atoms with E-state index in [-0.39, 0.29) is 17.4 Å². The Bertz CT molecular complexity index is 524. The van der Waals surface area contributed by atoms with E-state index in [4.69, 9.17) is 11.6 Å². The lowest BCUT2D eigenvalue weighted by Crippen LogP contribution is -2.46. The van der Waals surface area contributed by atoms with Crippen LogP contribution in [0.4, 0.5) is 0 Å². The topological polar surface area (TPSA) is 29.1 Å². The summed E-state index contributed by atoms with van der Waals surface area (Å²) in [4.78, 5) is 12.5. The first-order valence-electron chi connectivity index (χ1n) is 7.55. The molecule has 1 saturated carbocycles. The number of rotatable bonds is 2. The van der Waals surface area contributed by atoms with Gasteiger partial charge in [0, 0.05) is 16.1 Å². The van der Waals surface area contributed by atoms with Crippen molar-refractivity contribution < 1.29 is 4.79 Å². The lowest BCUT2D eigenvalue weighted by Gasteiger charge is -2.40. The van der Waals surface area contributed by atoms with Crippen molar-refractivity contribution in [3.8, 4) is 0 Å². The molecular formula is C17H23BrClNO. The van der Waals surface area contributed by atoms with Gasteiger partial charge >= 0.3 is 0 Å². The molecule has 116 valence electrons. The summed E-state index contributed by atoms with van der Waals surface area (Å²) in [5.41, 5.74) is 0.878. The van der Waals surface area contributed by atoms with Gasteiger partial charge in [-0.2, -0.15) is 0 Å². The molecular weight excluding hydrogens is 350 g/mol. The van der Waals surface area contributed by atoms with E-state index in [1.165, 1.54) is 19.3 Å². The maximum Gasteiger partial charge on any atom is 0.251 e. The number of carbonyl (C=O) groups is 1. The average molecular weight is 373 g/mol. The van der Waals surface area contributed by atoms with Crippen LogP contribution in [0.1, 0.15) is 56.8 Å². The molecule has 2 atom stereocenters. The van der Waals surface area contributed by atoms with E-state index in [1.54, 1.807) is 18.2 Å². The summed E-state index contributed by atoms with van der Waals surface area (Å²) in [7, 11) is 0. The van der Waals surface area contributed by atoms with Crippen molar-refractivity contribution in [1.82, 2.24) is 5.32 Å². The Labute approximate surface area is 140 Å². The summed E-state index contributed by atoms with van der Waals surface area (Å²) in [5.74, 6) is 0.527. The lowest BCUT2D eigenvalue weighted by atomic mass is 9.69. The second kappa shape index (κ2) is 6.70. The zero-order valence-corrected chi connectivity index (χ0v) is 15.2. The monoisotopic (exact) mass is 371 g/mol. The lowest BCUT2D eigenvalue weighted by molar-refractivity contribution is 0.0830. The Hall–Kier alpha value is -0.540. The van der Waals surface area contributed by atoms with Crippen LogP contribution in [0.5, 0.6) is 0 Å². The van der Waals surface area contributed by atoms with E-state index >= 15 is 0 Å². The van der Waals surface area contributed by atoms with Crippen molar-refractivity contribution >= 4 is 33.4 Å². The molecule has 0 saturated heterocycles. The third-order valence-electron chi connectivity index (χ3n) is 4.38. The van der Waals surface area contributed by atoms with Crippen molar-refractivity contribution in [3.05, 3.63) is 33.3 Å². The molecule has 0 heterocycles. The van der Waals surface area contributed by atoms with Crippen molar-refractivity contribution in [2.75, 3.05) is 0 Å². The molecule has 0 aliphatic heterocycles. The van der Waals surface area contributed by atoms with Gasteiger partial charge in [-0.05, 0) is 58.3 Å².